The van der Waals surface area contributed by atoms with E-state index in [1.165, 1.54) is 24.3 Å². The molecule has 1 N–H and O–H groups in total. The molecule has 2 aromatic carbocycles. The first-order chi connectivity index (χ1) is 13.5. The van der Waals surface area contributed by atoms with Gasteiger partial charge in [0.1, 0.15) is 28.7 Å². The van der Waals surface area contributed by atoms with Crippen LogP contribution in [0.15, 0.2) is 52.9 Å². The van der Waals surface area contributed by atoms with Crippen LogP contribution < -0.4 is 10.1 Å². The van der Waals surface area contributed by atoms with Crippen LogP contribution in [0.4, 0.5) is 8.78 Å². The van der Waals surface area contributed by atoms with Gasteiger partial charge in [0, 0.05) is 11.8 Å². The summed E-state index contributed by atoms with van der Waals surface area (Å²) in [5.41, 5.74) is 0.595. The Balaban J connectivity index is 1.24. The number of halogens is 2. The second-order valence-corrected chi connectivity index (χ2v) is 7.35. The summed E-state index contributed by atoms with van der Waals surface area (Å²) < 4.78 is 37.5. The lowest BCUT2D eigenvalue weighted by molar-refractivity contribution is -0.122. The molecule has 0 aliphatic heterocycles. The molecule has 28 heavy (non-hydrogen) atoms. The molecular formula is C22H21F2NO3. The fraction of sp³-hybridized carbons (Fsp3) is 0.318. The Hall–Kier alpha value is -2.89. The summed E-state index contributed by atoms with van der Waals surface area (Å²) in [6, 6.07) is 11.7. The molecule has 0 saturated heterocycles. The van der Waals surface area contributed by atoms with Crippen molar-refractivity contribution in [3.05, 3.63) is 65.9 Å². The van der Waals surface area contributed by atoms with Gasteiger partial charge in [0.05, 0.1) is 12.6 Å². The van der Waals surface area contributed by atoms with Gasteiger partial charge in [-0.2, -0.15) is 0 Å². The van der Waals surface area contributed by atoms with Gasteiger partial charge in [0.25, 0.3) is 0 Å². The van der Waals surface area contributed by atoms with E-state index >= 15 is 0 Å². The molecule has 0 bridgehead atoms. The second-order valence-electron chi connectivity index (χ2n) is 7.35. The van der Waals surface area contributed by atoms with Gasteiger partial charge in [-0.05, 0) is 73.7 Å². The molecule has 4 rings (SSSR count). The average molecular weight is 385 g/mol. The maximum atomic E-state index is 13.3. The number of furan rings is 1. The second kappa shape index (κ2) is 7.62. The number of benzene rings is 2. The first kappa shape index (κ1) is 18.5. The zero-order valence-electron chi connectivity index (χ0n) is 15.5. The van der Waals surface area contributed by atoms with Crippen molar-refractivity contribution in [2.24, 2.45) is 11.8 Å². The van der Waals surface area contributed by atoms with Gasteiger partial charge in [-0.1, -0.05) is 0 Å². The van der Waals surface area contributed by atoms with Crippen molar-refractivity contribution >= 4 is 16.9 Å². The van der Waals surface area contributed by atoms with Crippen LogP contribution in [-0.4, -0.2) is 12.5 Å². The first-order valence-corrected chi connectivity index (χ1v) is 9.34. The molecule has 1 fully saturated rings. The maximum Gasteiger partial charge on any atom is 0.220 e. The van der Waals surface area contributed by atoms with E-state index in [2.05, 4.69) is 5.32 Å². The highest BCUT2D eigenvalue weighted by Crippen LogP contribution is 2.41. The minimum Gasteiger partial charge on any atom is -0.493 e. The summed E-state index contributed by atoms with van der Waals surface area (Å²) in [7, 11) is 0. The molecule has 0 unspecified atom stereocenters. The van der Waals surface area contributed by atoms with E-state index in [-0.39, 0.29) is 29.5 Å². The van der Waals surface area contributed by atoms with Crippen LogP contribution in [0.2, 0.25) is 0 Å². The van der Waals surface area contributed by atoms with Crippen molar-refractivity contribution in [3.63, 3.8) is 0 Å². The molecule has 6 heteroatoms. The number of rotatable bonds is 7. The summed E-state index contributed by atoms with van der Waals surface area (Å²) in [6.07, 6.45) is 1.36. The van der Waals surface area contributed by atoms with E-state index in [0.717, 1.165) is 6.42 Å². The van der Waals surface area contributed by atoms with Crippen LogP contribution >= 0.6 is 0 Å². The van der Waals surface area contributed by atoms with Crippen molar-refractivity contribution in [2.45, 2.75) is 25.8 Å². The smallest absolute Gasteiger partial charge is 0.220 e. The zero-order valence-corrected chi connectivity index (χ0v) is 15.5. The Morgan fingerprint density at radius 1 is 1.14 bits per heavy atom. The van der Waals surface area contributed by atoms with Gasteiger partial charge in [0.2, 0.25) is 5.91 Å². The van der Waals surface area contributed by atoms with E-state index in [0.29, 0.717) is 41.4 Å². The van der Waals surface area contributed by atoms with Crippen molar-refractivity contribution in [2.75, 3.05) is 6.61 Å². The van der Waals surface area contributed by atoms with Crippen LogP contribution in [0.1, 0.15) is 31.6 Å². The van der Waals surface area contributed by atoms with Crippen molar-refractivity contribution in [3.8, 4) is 5.75 Å². The highest BCUT2D eigenvalue weighted by atomic mass is 19.1. The maximum absolute atomic E-state index is 13.3. The Morgan fingerprint density at radius 3 is 2.68 bits per heavy atom. The third kappa shape index (κ3) is 4.32. The van der Waals surface area contributed by atoms with Crippen LogP contribution in [0.5, 0.6) is 5.75 Å². The highest BCUT2D eigenvalue weighted by Gasteiger charge is 2.39. The molecule has 0 spiro atoms. The van der Waals surface area contributed by atoms with E-state index < -0.39 is 0 Å². The van der Waals surface area contributed by atoms with Gasteiger partial charge in [0.15, 0.2) is 0 Å². The number of amides is 1. The molecule has 1 aromatic heterocycles. The van der Waals surface area contributed by atoms with Crippen LogP contribution in [0.3, 0.4) is 0 Å². The summed E-state index contributed by atoms with van der Waals surface area (Å²) >= 11 is 0. The minimum atomic E-state index is -0.320. The fourth-order valence-corrected chi connectivity index (χ4v) is 3.36. The van der Waals surface area contributed by atoms with E-state index in [9.17, 15) is 13.6 Å². The predicted octanol–water partition coefficient (Wildman–Crippen LogP) is 4.99. The molecule has 1 saturated carbocycles. The van der Waals surface area contributed by atoms with Gasteiger partial charge in [-0.15, -0.1) is 0 Å². The monoisotopic (exact) mass is 385 g/mol. The predicted molar refractivity (Wildman–Crippen MR) is 101 cm³/mol. The minimum absolute atomic E-state index is 0.0478. The third-order valence-corrected chi connectivity index (χ3v) is 5.10. The molecule has 146 valence electrons. The number of carbonyl (C=O) groups is 1. The van der Waals surface area contributed by atoms with Crippen LogP contribution in [0.25, 0.3) is 11.0 Å². The highest BCUT2D eigenvalue weighted by molar-refractivity contribution is 5.79. The molecule has 1 aliphatic rings. The van der Waals surface area contributed by atoms with E-state index in [1.807, 2.05) is 6.92 Å². The Kier molecular flexibility index (Phi) is 5.03. The molecule has 3 aromatic rings. The van der Waals surface area contributed by atoms with Crippen LogP contribution in [0, 0.1) is 23.5 Å². The van der Waals surface area contributed by atoms with Gasteiger partial charge >= 0.3 is 0 Å². The average Bonchev–Trinajstić information content (AvgIpc) is 3.25. The molecular weight excluding hydrogens is 364 g/mol. The quantitative estimate of drug-likeness (QED) is 0.623. The van der Waals surface area contributed by atoms with Crippen molar-refractivity contribution in [1.82, 2.24) is 5.32 Å². The van der Waals surface area contributed by atoms with Crippen LogP contribution in [-0.2, 0) is 4.79 Å². The lowest BCUT2D eigenvalue weighted by Gasteiger charge is -2.11. The number of ether oxygens (including phenoxy) is 1. The Labute approximate surface area is 161 Å². The number of hydrogen-bond donors (Lipinski definition) is 1. The SMILES string of the molecule is C[C@@H](NC(=O)C[C@@H]1C[C@@H]1COc1ccc(F)cc1)c1cc2cc(F)ccc2o1. The zero-order chi connectivity index (χ0) is 19.7. The first-order valence-electron chi connectivity index (χ1n) is 9.34. The Bertz CT molecular complexity index is 983. The van der Waals surface area contributed by atoms with E-state index in [4.69, 9.17) is 9.15 Å². The van der Waals surface area contributed by atoms with E-state index in [1.54, 1.807) is 24.3 Å². The number of carbonyl (C=O) groups excluding carboxylic acids is 1. The topological polar surface area (TPSA) is 51.5 Å². The summed E-state index contributed by atoms with van der Waals surface area (Å²) in [5, 5.41) is 3.61. The summed E-state index contributed by atoms with van der Waals surface area (Å²) in [4.78, 5) is 12.3. The molecule has 0 radical (unpaired) electrons. The molecule has 1 amide bonds. The lowest BCUT2D eigenvalue weighted by atomic mass is 10.2. The number of hydrogen-bond acceptors (Lipinski definition) is 3. The van der Waals surface area contributed by atoms with Gasteiger partial charge in [-0.25, -0.2) is 8.78 Å². The number of nitrogens with one attached hydrogen (secondary N) is 1. The third-order valence-electron chi connectivity index (χ3n) is 5.10. The van der Waals surface area contributed by atoms with Crippen molar-refractivity contribution in [1.29, 1.82) is 0 Å². The lowest BCUT2D eigenvalue weighted by Crippen LogP contribution is -2.26. The van der Waals surface area contributed by atoms with Gasteiger partial charge in [-0.3, -0.25) is 4.79 Å². The van der Waals surface area contributed by atoms with Crippen molar-refractivity contribution < 1.29 is 22.7 Å². The largest absolute Gasteiger partial charge is 0.493 e. The van der Waals surface area contributed by atoms with Gasteiger partial charge < -0.3 is 14.5 Å². The molecule has 4 nitrogen and oxygen atoms in total. The molecule has 1 aliphatic carbocycles. The molecule has 3 atom stereocenters. The Morgan fingerprint density at radius 2 is 1.89 bits per heavy atom. The summed E-state index contributed by atoms with van der Waals surface area (Å²) in [5.74, 6) is 1.19. The standard InChI is InChI=1S/C22H21F2NO3/c1-13(21-10-15-9-18(24)4-7-20(15)28-21)25-22(26)11-14-8-16(14)12-27-19-5-2-17(23)3-6-19/h2-7,9-10,13-14,16H,8,11-12H2,1H3,(H,25,26)/t13-,14+,16-/m1/s1. The number of fused-ring (bicyclic) bond motifs is 1. The molecule has 1 heterocycles. The summed E-state index contributed by atoms with van der Waals surface area (Å²) in [6.45, 7) is 2.36. The fourth-order valence-electron chi connectivity index (χ4n) is 3.36. The normalized spacial score (nSPS) is 19.4.